The number of piperidine rings is 2. The van der Waals surface area contributed by atoms with Crippen molar-refractivity contribution >= 4 is 17.5 Å². The van der Waals surface area contributed by atoms with Crippen molar-refractivity contribution < 1.29 is 23.8 Å². The number of methoxy groups -OCH3 is 3. The van der Waals surface area contributed by atoms with E-state index in [2.05, 4.69) is 15.5 Å². The number of ether oxygens (including phenoxy) is 3. The van der Waals surface area contributed by atoms with E-state index in [0.29, 0.717) is 29.4 Å². The van der Waals surface area contributed by atoms with Crippen LogP contribution in [0.4, 0.5) is 5.69 Å². The van der Waals surface area contributed by atoms with Crippen LogP contribution in [0, 0.1) is 6.92 Å². The smallest absolute Gasteiger partial charge is 0.251 e. The van der Waals surface area contributed by atoms with Gasteiger partial charge in [-0.1, -0.05) is 24.1 Å². The molecule has 2 aliphatic heterocycles. The molecule has 0 aliphatic carbocycles. The van der Waals surface area contributed by atoms with Crippen LogP contribution >= 0.6 is 0 Å². The van der Waals surface area contributed by atoms with Crippen molar-refractivity contribution in [3.8, 4) is 17.2 Å². The average Bonchev–Trinajstić information content (AvgIpc) is 2.84. The molecule has 2 aliphatic rings. The summed E-state index contributed by atoms with van der Waals surface area (Å²) in [5.41, 5.74) is 2.44. The highest BCUT2D eigenvalue weighted by Crippen LogP contribution is 2.38. The Morgan fingerprint density at radius 1 is 0.943 bits per heavy atom. The average molecular weight is 482 g/mol. The molecule has 0 radical (unpaired) electrons. The summed E-state index contributed by atoms with van der Waals surface area (Å²) in [6.45, 7) is 2.40. The molecule has 0 aromatic heterocycles. The van der Waals surface area contributed by atoms with Gasteiger partial charge >= 0.3 is 0 Å². The molecule has 2 N–H and O–H groups in total. The van der Waals surface area contributed by atoms with Gasteiger partial charge in [-0.05, 0) is 56.9 Å². The predicted molar refractivity (Wildman–Crippen MR) is 135 cm³/mol. The normalized spacial score (nSPS) is 21.7. The van der Waals surface area contributed by atoms with Crippen molar-refractivity contribution in [3.05, 3.63) is 47.5 Å². The Labute approximate surface area is 206 Å². The van der Waals surface area contributed by atoms with Gasteiger partial charge in [-0.3, -0.25) is 14.5 Å². The third-order valence-corrected chi connectivity index (χ3v) is 7.05. The van der Waals surface area contributed by atoms with E-state index in [0.717, 1.165) is 43.4 Å². The minimum Gasteiger partial charge on any atom is -0.493 e. The summed E-state index contributed by atoms with van der Waals surface area (Å²) >= 11 is 0. The number of aryl methyl sites for hydroxylation is 1. The fourth-order valence-corrected chi connectivity index (χ4v) is 5.34. The van der Waals surface area contributed by atoms with Crippen LogP contribution in [0.1, 0.15) is 48.0 Å². The van der Waals surface area contributed by atoms with Crippen LogP contribution in [0.3, 0.4) is 0 Å². The lowest BCUT2D eigenvalue weighted by atomic mass is 9.81. The van der Waals surface area contributed by atoms with E-state index in [9.17, 15) is 9.59 Å². The zero-order valence-corrected chi connectivity index (χ0v) is 20.9. The van der Waals surface area contributed by atoms with Gasteiger partial charge < -0.3 is 24.8 Å². The largest absolute Gasteiger partial charge is 0.493 e. The molecule has 1 unspecified atom stereocenters. The number of amides is 2. The van der Waals surface area contributed by atoms with Crippen molar-refractivity contribution in [2.45, 2.75) is 57.2 Å². The Bertz CT molecular complexity index is 1020. The third kappa shape index (κ3) is 5.70. The Balaban J connectivity index is 1.39. The van der Waals surface area contributed by atoms with Gasteiger partial charge in [0.1, 0.15) is 0 Å². The first-order valence-electron chi connectivity index (χ1n) is 12.1. The van der Waals surface area contributed by atoms with Crippen molar-refractivity contribution in [2.24, 2.45) is 0 Å². The maximum atomic E-state index is 13.1. The molecule has 0 spiro atoms. The molecule has 2 aromatic rings. The molecule has 0 saturated carbocycles. The summed E-state index contributed by atoms with van der Waals surface area (Å²) in [7, 11) is 4.60. The molecule has 3 atom stereocenters. The number of anilines is 1. The predicted octanol–water partition coefficient (Wildman–Crippen LogP) is 3.77. The Morgan fingerprint density at radius 2 is 1.54 bits per heavy atom. The lowest BCUT2D eigenvalue weighted by Gasteiger charge is -2.48. The van der Waals surface area contributed by atoms with Crippen molar-refractivity contribution in [3.63, 3.8) is 0 Å². The summed E-state index contributed by atoms with van der Waals surface area (Å²) in [6, 6.07) is 11.8. The molecule has 8 heteroatoms. The van der Waals surface area contributed by atoms with Gasteiger partial charge in [-0.25, -0.2) is 0 Å². The highest BCUT2D eigenvalue weighted by molar-refractivity contribution is 5.96. The summed E-state index contributed by atoms with van der Waals surface area (Å²) in [6.07, 6.45) is 4.86. The van der Waals surface area contributed by atoms with E-state index in [-0.39, 0.29) is 29.9 Å². The van der Waals surface area contributed by atoms with E-state index in [4.69, 9.17) is 14.2 Å². The molecule has 2 fully saturated rings. The van der Waals surface area contributed by atoms with Crippen molar-refractivity contribution in [2.75, 3.05) is 33.2 Å². The van der Waals surface area contributed by atoms with Crippen LogP contribution in [-0.2, 0) is 4.79 Å². The summed E-state index contributed by atoms with van der Waals surface area (Å²) in [4.78, 5) is 28.2. The van der Waals surface area contributed by atoms with Crippen molar-refractivity contribution in [1.82, 2.24) is 10.2 Å². The zero-order chi connectivity index (χ0) is 24.9. The molecule has 188 valence electrons. The fraction of sp³-hybridized carbons (Fsp3) is 0.481. The second-order valence-corrected chi connectivity index (χ2v) is 9.38. The number of fused-ring (bicyclic) bond motifs is 2. The maximum Gasteiger partial charge on any atom is 0.251 e. The number of rotatable bonds is 8. The molecular formula is C27H35N3O5. The first-order valence-corrected chi connectivity index (χ1v) is 12.1. The van der Waals surface area contributed by atoms with Crippen LogP contribution in [0.15, 0.2) is 36.4 Å². The quantitative estimate of drug-likeness (QED) is 0.597. The standard InChI is InChI=1S/C27H35N3O5/c1-17-8-10-19(11-9-17)28-25(31)16-30-21-6-5-7-22(30)15-20(14-21)29-27(32)18-12-23(33-2)26(35-4)24(13-18)34-3/h8-13,20-22H,5-7,14-16H2,1-4H3,(H,28,31)(H,29,32)/t20?,21-,22+. The molecule has 2 saturated heterocycles. The number of benzene rings is 2. The number of nitrogens with zero attached hydrogens (tertiary/aromatic N) is 1. The first kappa shape index (κ1) is 24.9. The van der Waals surface area contributed by atoms with Gasteiger partial charge in [0.15, 0.2) is 11.5 Å². The Hall–Kier alpha value is -3.26. The van der Waals surface area contributed by atoms with E-state index < -0.39 is 0 Å². The summed E-state index contributed by atoms with van der Waals surface area (Å²) < 4.78 is 16.1. The molecular weight excluding hydrogens is 446 g/mol. The third-order valence-electron chi connectivity index (χ3n) is 7.05. The minimum absolute atomic E-state index is 0.00524. The van der Waals surface area contributed by atoms with Gasteiger partial charge in [-0.15, -0.1) is 0 Å². The van der Waals surface area contributed by atoms with E-state index in [1.807, 2.05) is 31.2 Å². The summed E-state index contributed by atoms with van der Waals surface area (Å²) in [5, 5.41) is 6.22. The molecule has 2 amide bonds. The number of carbonyl (C=O) groups excluding carboxylic acids is 2. The van der Waals surface area contributed by atoms with Crippen LogP contribution in [-0.4, -0.2) is 62.7 Å². The van der Waals surface area contributed by atoms with E-state index >= 15 is 0 Å². The molecule has 2 bridgehead atoms. The first-order chi connectivity index (χ1) is 16.9. The van der Waals surface area contributed by atoms with Gasteiger partial charge in [-0.2, -0.15) is 0 Å². The second-order valence-electron chi connectivity index (χ2n) is 9.38. The van der Waals surface area contributed by atoms with Crippen LogP contribution < -0.4 is 24.8 Å². The molecule has 2 heterocycles. The summed E-state index contributed by atoms with van der Waals surface area (Å²) in [5.74, 6) is 1.19. The maximum absolute atomic E-state index is 13.1. The fourth-order valence-electron chi connectivity index (χ4n) is 5.34. The monoisotopic (exact) mass is 481 g/mol. The van der Waals surface area contributed by atoms with Gasteiger partial charge in [0, 0.05) is 29.4 Å². The van der Waals surface area contributed by atoms with E-state index in [1.54, 1.807) is 12.1 Å². The van der Waals surface area contributed by atoms with Gasteiger partial charge in [0.2, 0.25) is 11.7 Å². The Morgan fingerprint density at radius 3 is 2.09 bits per heavy atom. The van der Waals surface area contributed by atoms with Crippen LogP contribution in [0.25, 0.3) is 0 Å². The SMILES string of the molecule is COc1cc(C(=O)NC2C[C@H]3CCC[C@@H](C2)N3CC(=O)Nc2ccc(C)cc2)cc(OC)c1OC. The van der Waals surface area contributed by atoms with Gasteiger partial charge in [0.05, 0.1) is 27.9 Å². The van der Waals surface area contributed by atoms with Crippen LogP contribution in [0.5, 0.6) is 17.2 Å². The molecule has 8 nitrogen and oxygen atoms in total. The van der Waals surface area contributed by atoms with E-state index in [1.165, 1.54) is 21.3 Å². The number of hydrogen-bond donors (Lipinski definition) is 2. The van der Waals surface area contributed by atoms with Gasteiger partial charge in [0.25, 0.3) is 5.91 Å². The Kier molecular flexibility index (Phi) is 7.80. The highest BCUT2D eigenvalue weighted by Gasteiger charge is 2.39. The molecule has 2 aromatic carbocycles. The number of nitrogens with one attached hydrogen (secondary N) is 2. The zero-order valence-electron chi connectivity index (χ0n) is 20.9. The lowest BCUT2D eigenvalue weighted by molar-refractivity contribution is -0.120. The minimum atomic E-state index is -0.169. The topological polar surface area (TPSA) is 89.1 Å². The second kappa shape index (κ2) is 11.0. The number of hydrogen-bond acceptors (Lipinski definition) is 6. The molecule has 35 heavy (non-hydrogen) atoms. The lowest BCUT2D eigenvalue weighted by Crippen LogP contribution is -2.58. The molecule has 4 rings (SSSR count). The highest BCUT2D eigenvalue weighted by atomic mass is 16.5. The number of carbonyl (C=O) groups is 2. The van der Waals surface area contributed by atoms with Crippen LogP contribution in [0.2, 0.25) is 0 Å². The van der Waals surface area contributed by atoms with Crippen molar-refractivity contribution in [1.29, 1.82) is 0 Å².